The zero-order chi connectivity index (χ0) is 48.4. The van der Waals surface area contributed by atoms with Crippen molar-refractivity contribution in [3.8, 4) is 0 Å². The Bertz CT molecular complexity index is 1670. The van der Waals surface area contributed by atoms with Crippen molar-refractivity contribution in [2.75, 3.05) is 0 Å². The molecular formula is C47H73NO17. The van der Waals surface area contributed by atoms with E-state index in [0.29, 0.717) is 0 Å². The molecule has 3 aliphatic heterocycles. The Morgan fingerprint density at radius 3 is 1.68 bits per heavy atom. The fourth-order valence-electron chi connectivity index (χ4n) is 8.09. The molecular weight excluding hydrogens is 851 g/mol. The van der Waals surface area contributed by atoms with E-state index in [4.69, 9.17) is 24.7 Å². The minimum Gasteiger partial charge on any atom is -0.481 e. The number of fused-ring (bicyclic) bond motifs is 2. The number of esters is 1. The lowest BCUT2D eigenvalue weighted by Gasteiger charge is -2.45. The van der Waals surface area contributed by atoms with Crippen LogP contribution in [0.3, 0.4) is 0 Å². The minimum atomic E-state index is -2.30. The molecule has 3 rings (SSSR count). The van der Waals surface area contributed by atoms with Gasteiger partial charge in [0.15, 0.2) is 12.1 Å². The standard InChI is InChI=1S/C47H73NO17/c1-27-17-15-13-11-9-7-5-6-8-10-12-14-16-18-36(64-46-44(58)41(48)43(57)30(4)63-46)24-38-40(45(59)60)37(54)26-47(61,65-38)25-35(53)22-33(51)20-31(49)19-32(50)21-34(52)23-39(55)62-29(3)28(2)42(27)56/h5-18,27-38,40-44,46,49-54,56-58,61H,19-26,48H2,1-4H3,(H,59,60)/t27-,28-,29-,30?,31-,32+,33?,34+,35-,36-,37-,38?,40+,41?,42+,43?,44?,46?,47+/m0/s1. The van der Waals surface area contributed by atoms with Gasteiger partial charge >= 0.3 is 11.9 Å². The van der Waals surface area contributed by atoms with Crippen molar-refractivity contribution in [3.63, 3.8) is 0 Å². The molecule has 19 atom stereocenters. The summed E-state index contributed by atoms with van der Waals surface area (Å²) >= 11 is 0. The Morgan fingerprint density at radius 2 is 1.14 bits per heavy atom. The number of carbonyl (C=O) groups is 2. The molecule has 2 fully saturated rings. The highest BCUT2D eigenvalue weighted by molar-refractivity contribution is 5.71. The molecule has 0 saturated carbocycles. The van der Waals surface area contributed by atoms with Gasteiger partial charge in [0.25, 0.3) is 0 Å². The number of aliphatic hydroxyl groups excluding tert-OH is 9. The molecule has 3 heterocycles. The number of aliphatic hydroxyl groups is 10. The number of nitrogens with two attached hydrogens (primary N) is 1. The predicted octanol–water partition coefficient (Wildman–Crippen LogP) is 0.712. The minimum absolute atomic E-state index is 0.285. The first-order valence-corrected chi connectivity index (χ1v) is 22.3. The second-order valence-electron chi connectivity index (χ2n) is 17.6. The lowest BCUT2D eigenvalue weighted by atomic mass is 9.82. The first-order valence-electron chi connectivity index (χ1n) is 22.3. The predicted molar refractivity (Wildman–Crippen MR) is 237 cm³/mol. The topological polar surface area (TPSA) is 320 Å². The Hall–Kier alpha value is -3.44. The first kappa shape index (κ1) is 55.9. The second-order valence-corrected chi connectivity index (χ2v) is 17.6. The summed E-state index contributed by atoms with van der Waals surface area (Å²) in [6.45, 7) is 6.73. The molecule has 0 aromatic heterocycles. The van der Waals surface area contributed by atoms with Gasteiger partial charge in [-0.2, -0.15) is 0 Å². The van der Waals surface area contributed by atoms with Crippen LogP contribution >= 0.6 is 0 Å². The van der Waals surface area contributed by atoms with Crippen LogP contribution in [0.4, 0.5) is 0 Å². The van der Waals surface area contributed by atoms with Gasteiger partial charge in [-0.1, -0.05) is 98.9 Å². The van der Waals surface area contributed by atoms with Crippen LogP contribution in [-0.2, 0) is 28.5 Å². The maximum Gasteiger partial charge on any atom is 0.311 e. The van der Waals surface area contributed by atoms with E-state index in [1.807, 2.05) is 19.1 Å². The van der Waals surface area contributed by atoms with Crippen LogP contribution in [0.5, 0.6) is 0 Å². The van der Waals surface area contributed by atoms with E-state index in [1.165, 1.54) is 13.0 Å². The summed E-state index contributed by atoms with van der Waals surface area (Å²) in [5.74, 6) is -6.82. The Morgan fingerprint density at radius 1 is 0.646 bits per heavy atom. The summed E-state index contributed by atoms with van der Waals surface area (Å²) in [6, 6.07) is -1.15. The van der Waals surface area contributed by atoms with E-state index in [0.717, 1.165) is 0 Å². The summed E-state index contributed by atoms with van der Waals surface area (Å²) in [7, 11) is 0. The van der Waals surface area contributed by atoms with Crippen molar-refractivity contribution in [1.82, 2.24) is 0 Å². The van der Waals surface area contributed by atoms with Crippen LogP contribution in [0.15, 0.2) is 85.1 Å². The summed E-state index contributed by atoms with van der Waals surface area (Å²) in [5.41, 5.74) is 6.02. The summed E-state index contributed by atoms with van der Waals surface area (Å²) in [4.78, 5) is 25.1. The Labute approximate surface area is 381 Å². The van der Waals surface area contributed by atoms with Gasteiger partial charge < -0.3 is 80.9 Å². The zero-order valence-electron chi connectivity index (χ0n) is 37.6. The van der Waals surface area contributed by atoms with E-state index in [9.17, 15) is 65.8 Å². The van der Waals surface area contributed by atoms with Crippen LogP contribution in [0.25, 0.3) is 0 Å². The molecule has 7 unspecified atom stereocenters. The van der Waals surface area contributed by atoms with E-state index in [-0.39, 0.29) is 31.6 Å². The maximum atomic E-state index is 12.6. The van der Waals surface area contributed by atoms with Gasteiger partial charge in [-0.15, -0.1) is 0 Å². The fraction of sp³-hybridized carbons (Fsp3) is 0.660. The van der Waals surface area contributed by atoms with E-state index >= 15 is 0 Å². The largest absolute Gasteiger partial charge is 0.481 e. The van der Waals surface area contributed by atoms with Gasteiger partial charge in [0.2, 0.25) is 0 Å². The highest BCUT2D eigenvalue weighted by Crippen LogP contribution is 2.38. The summed E-state index contributed by atoms with van der Waals surface area (Å²) < 4.78 is 23.1. The van der Waals surface area contributed by atoms with E-state index in [1.54, 1.807) is 80.7 Å². The molecule has 368 valence electrons. The van der Waals surface area contributed by atoms with Crippen molar-refractivity contribution in [2.45, 2.75) is 177 Å². The Kier molecular flexibility index (Phi) is 23.6. The van der Waals surface area contributed by atoms with Gasteiger partial charge in [0.1, 0.15) is 18.1 Å². The third kappa shape index (κ3) is 19.0. The highest BCUT2D eigenvalue weighted by Gasteiger charge is 2.51. The number of carboxylic acids is 1. The second kappa shape index (κ2) is 27.4. The highest BCUT2D eigenvalue weighted by atomic mass is 16.7. The number of carbonyl (C=O) groups excluding carboxylic acids is 1. The molecule has 0 radical (unpaired) electrons. The van der Waals surface area contributed by atoms with E-state index in [2.05, 4.69) is 0 Å². The third-order valence-corrected chi connectivity index (χ3v) is 11.9. The average Bonchev–Trinajstić information content (AvgIpc) is 3.19. The van der Waals surface area contributed by atoms with Crippen LogP contribution in [-0.4, -0.2) is 166 Å². The molecule has 0 aliphatic carbocycles. The average molecular weight is 924 g/mol. The summed E-state index contributed by atoms with van der Waals surface area (Å²) in [6.07, 6.45) is 3.51. The van der Waals surface area contributed by atoms with E-state index < -0.39 is 147 Å². The number of carboxylic acid groups (broad SMARTS) is 1. The first-order chi connectivity index (χ1) is 30.6. The van der Waals surface area contributed by atoms with Crippen molar-refractivity contribution in [2.24, 2.45) is 23.5 Å². The van der Waals surface area contributed by atoms with Gasteiger partial charge in [0.05, 0.1) is 79.6 Å². The van der Waals surface area contributed by atoms with Crippen molar-refractivity contribution in [3.05, 3.63) is 85.1 Å². The smallest absolute Gasteiger partial charge is 0.311 e. The molecule has 0 amide bonds. The van der Waals surface area contributed by atoms with Crippen molar-refractivity contribution < 1.29 is 84.7 Å². The molecule has 18 heteroatoms. The molecule has 3 aliphatic rings. The maximum absolute atomic E-state index is 12.6. The van der Waals surface area contributed by atoms with Crippen molar-refractivity contribution in [1.29, 1.82) is 0 Å². The number of ether oxygens (including phenoxy) is 4. The van der Waals surface area contributed by atoms with Crippen LogP contribution in [0.2, 0.25) is 0 Å². The fourth-order valence-corrected chi connectivity index (χ4v) is 8.09. The van der Waals surface area contributed by atoms with Crippen LogP contribution < -0.4 is 5.73 Å². The lowest BCUT2D eigenvalue weighted by molar-refractivity contribution is -0.308. The molecule has 2 bridgehead atoms. The number of hydrogen-bond acceptors (Lipinski definition) is 17. The van der Waals surface area contributed by atoms with Gasteiger partial charge in [-0.3, -0.25) is 9.59 Å². The third-order valence-electron chi connectivity index (χ3n) is 11.9. The molecule has 65 heavy (non-hydrogen) atoms. The monoisotopic (exact) mass is 923 g/mol. The quantitative estimate of drug-likeness (QED) is 0.174. The number of allylic oxidation sites excluding steroid dienone is 12. The number of rotatable bonds is 3. The van der Waals surface area contributed by atoms with Gasteiger partial charge in [-0.05, 0) is 39.5 Å². The summed E-state index contributed by atoms with van der Waals surface area (Å²) in [5, 5.41) is 118. The van der Waals surface area contributed by atoms with Crippen LogP contribution in [0.1, 0.15) is 79.1 Å². The van der Waals surface area contributed by atoms with Crippen molar-refractivity contribution >= 4 is 11.9 Å². The van der Waals surface area contributed by atoms with Gasteiger partial charge in [0, 0.05) is 31.1 Å². The number of aliphatic carboxylic acids is 1. The normalized spacial score (nSPS) is 42.0. The molecule has 13 N–H and O–H groups in total. The molecule has 0 aromatic rings. The number of hydrogen-bond donors (Lipinski definition) is 12. The zero-order valence-corrected chi connectivity index (χ0v) is 37.6. The lowest BCUT2D eigenvalue weighted by Crippen LogP contribution is -2.61. The molecule has 0 aromatic carbocycles. The molecule has 18 nitrogen and oxygen atoms in total. The Balaban J connectivity index is 1.86. The van der Waals surface area contributed by atoms with Gasteiger partial charge in [-0.25, -0.2) is 0 Å². The number of cyclic esters (lactones) is 1. The van der Waals surface area contributed by atoms with Crippen LogP contribution in [0, 0.1) is 17.8 Å². The SMILES string of the molecule is CC1OC(O[C@H]2C=CC=CC=CC=CC=CC=CC=C[C@H](C)[C@@H](O)[C@@H](C)[C@H](C)OC(=O)C[C@H](O)C[C@H](O)C[C@H](O)CC(O)C[C@H](O)C[C@]3(O)C[C@H](O)[C@@H](C(=O)O)C(C2)O3)C(O)C(N)C1O. The molecule has 2 saturated heterocycles. The molecule has 0 spiro atoms.